The summed E-state index contributed by atoms with van der Waals surface area (Å²) in [6.07, 6.45) is 4.09. The first-order chi connectivity index (χ1) is 13.5. The van der Waals surface area contributed by atoms with Crippen molar-refractivity contribution in [2.75, 3.05) is 19.6 Å². The standard InChI is InChI=1S/C22H25FN2O3/c1-14-9-15(23)4-5-17(14)21(26)24-10-18-19-12-25(11-16-3-2-8-27-16)13-22(19)7-6-20(18)28-22/h2-5,8-9,18-20H,6-7,10-13H2,1H3,(H,24,26)/t18-,19+,20+,22+/m0/s1. The van der Waals surface area contributed by atoms with E-state index in [0.29, 0.717) is 29.5 Å². The number of fused-ring (bicyclic) bond motifs is 1. The van der Waals surface area contributed by atoms with Crippen LogP contribution in [0.25, 0.3) is 0 Å². The zero-order valence-electron chi connectivity index (χ0n) is 16.0. The molecule has 148 valence electrons. The van der Waals surface area contributed by atoms with Gasteiger partial charge < -0.3 is 14.5 Å². The molecule has 3 saturated heterocycles. The number of ether oxygens (including phenoxy) is 1. The van der Waals surface area contributed by atoms with Gasteiger partial charge in [0.25, 0.3) is 5.91 Å². The van der Waals surface area contributed by atoms with E-state index in [4.69, 9.17) is 9.15 Å². The van der Waals surface area contributed by atoms with Crippen molar-refractivity contribution in [3.63, 3.8) is 0 Å². The monoisotopic (exact) mass is 384 g/mol. The van der Waals surface area contributed by atoms with Crippen LogP contribution in [0.1, 0.15) is 34.5 Å². The summed E-state index contributed by atoms with van der Waals surface area (Å²) in [5.41, 5.74) is 1.12. The number of rotatable bonds is 5. The maximum atomic E-state index is 13.3. The van der Waals surface area contributed by atoms with Gasteiger partial charge in [-0.1, -0.05) is 0 Å². The van der Waals surface area contributed by atoms with Crippen LogP contribution in [0.15, 0.2) is 41.0 Å². The van der Waals surface area contributed by atoms with Crippen molar-refractivity contribution in [1.82, 2.24) is 10.2 Å². The van der Waals surface area contributed by atoms with Gasteiger partial charge in [-0.2, -0.15) is 0 Å². The highest BCUT2D eigenvalue weighted by Crippen LogP contribution is 2.54. The van der Waals surface area contributed by atoms with Crippen LogP contribution in [-0.4, -0.2) is 42.1 Å². The van der Waals surface area contributed by atoms with Crippen molar-refractivity contribution < 1.29 is 18.3 Å². The predicted octanol–water partition coefficient (Wildman–Crippen LogP) is 3.14. The predicted molar refractivity (Wildman–Crippen MR) is 101 cm³/mol. The molecule has 2 bridgehead atoms. The Kier molecular flexibility index (Phi) is 4.29. The summed E-state index contributed by atoms with van der Waals surface area (Å²) < 4.78 is 25.3. The molecule has 5 rings (SSSR count). The Labute approximate surface area is 163 Å². The number of nitrogens with zero attached hydrogens (tertiary/aromatic N) is 1. The Bertz CT molecular complexity index is 884. The van der Waals surface area contributed by atoms with Gasteiger partial charge in [0.05, 0.1) is 24.5 Å². The number of nitrogens with one attached hydrogen (secondary N) is 1. The summed E-state index contributed by atoms with van der Waals surface area (Å²) in [4.78, 5) is 15.0. The molecule has 0 unspecified atom stereocenters. The summed E-state index contributed by atoms with van der Waals surface area (Å²) in [6, 6.07) is 8.21. The quantitative estimate of drug-likeness (QED) is 0.861. The average Bonchev–Trinajstić information content (AvgIpc) is 3.41. The molecule has 0 aliphatic carbocycles. The molecule has 4 atom stereocenters. The SMILES string of the molecule is Cc1cc(F)ccc1C(=O)NC[C@H]1[C@H]2CN(Cc3ccco3)C[C@]23CC[C@H]1O3. The fourth-order valence-corrected chi connectivity index (χ4v) is 5.49. The van der Waals surface area contributed by atoms with E-state index in [1.165, 1.54) is 12.1 Å². The largest absolute Gasteiger partial charge is 0.468 e. The van der Waals surface area contributed by atoms with E-state index < -0.39 is 0 Å². The molecule has 5 nitrogen and oxygen atoms in total. The Balaban J connectivity index is 1.25. The van der Waals surface area contributed by atoms with Crippen LogP contribution in [0.5, 0.6) is 0 Å². The number of halogens is 1. The van der Waals surface area contributed by atoms with E-state index in [9.17, 15) is 9.18 Å². The van der Waals surface area contributed by atoms with Crippen molar-refractivity contribution in [1.29, 1.82) is 0 Å². The zero-order valence-corrected chi connectivity index (χ0v) is 16.0. The van der Waals surface area contributed by atoms with Crippen molar-refractivity contribution in [2.45, 2.75) is 38.0 Å². The fourth-order valence-electron chi connectivity index (χ4n) is 5.49. The highest BCUT2D eigenvalue weighted by molar-refractivity contribution is 5.95. The minimum Gasteiger partial charge on any atom is -0.468 e. The van der Waals surface area contributed by atoms with E-state index in [-0.39, 0.29) is 23.4 Å². The minimum absolute atomic E-state index is 0.0710. The summed E-state index contributed by atoms with van der Waals surface area (Å²) in [5, 5.41) is 3.08. The Morgan fingerprint density at radius 1 is 1.39 bits per heavy atom. The Morgan fingerprint density at radius 2 is 2.29 bits per heavy atom. The number of carbonyl (C=O) groups is 1. The third-order valence-electron chi connectivity index (χ3n) is 6.75. The molecule has 3 fully saturated rings. The molecule has 1 amide bonds. The lowest BCUT2D eigenvalue weighted by Crippen LogP contribution is -2.42. The van der Waals surface area contributed by atoms with E-state index in [2.05, 4.69) is 10.2 Å². The van der Waals surface area contributed by atoms with E-state index in [1.807, 2.05) is 12.1 Å². The molecule has 28 heavy (non-hydrogen) atoms. The van der Waals surface area contributed by atoms with Crippen LogP contribution in [-0.2, 0) is 11.3 Å². The highest BCUT2D eigenvalue weighted by atomic mass is 19.1. The van der Waals surface area contributed by atoms with Gasteiger partial charge in [0.1, 0.15) is 11.6 Å². The smallest absolute Gasteiger partial charge is 0.251 e. The number of aryl methyl sites for hydroxylation is 1. The van der Waals surface area contributed by atoms with E-state index in [1.54, 1.807) is 19.3 Å². The maximum absolute atomic E-state index is 13.3. The summed E-state index contributed by atoms with van der Waals surface area (Å²) in [5.74, 6) is 1.26. The van der Waals surface area contributed by atoms with Crippen LogP contribution < -0.4 is 5.32 Å². The first-order valence-corrected chi connectivity index (χ1v) is 10.0. The third kappa shape index (κ3) is 2.95. The normalized spacial score (nSPS) is 31.3. The van der Waals surface area contributed by atoms with E-state index in [0.717, 1.165) is 38.2 Å². The highest BCUT2D eigenvalue weighted by Gasteiger charge is 2.62. The van der Waals surface area contributed by atoms with Crippen molar-refractivity contribution in [3.8, 4) is 0 Å². The fraction of sp³-hybridized carbons (Fsp3) is 0.500. The number of amides is 1. The van der Waals surface area contributed by atoms with Crippen LogP contribution in [0.3, 0.4) is 0 Å². The maximum Gasteiger partial charge on any atom is 0.251 e. The number of furan rings is 1. The lowest BCUT2D eigenvalue weighted by molar-refractivity contribution is 0.00168. The van der Waals surface area contributed by atoms with Gasteiger partial charge in [0.15, 0.2) is 0 Å². The van der Waals surface area contributed by atoms with Gasteiger partial charge in [0.2, 0.25) is 0 Å². The van der Waals surface area contributed by atoms with Gasteiger partial charge in [-0.05, 0) is 55.7 Å². The van der Waals surface area contributed by atoms with Crippen LogP contribution >= 0.6 is 0 Å². The number of likely N-dealkylation sites (tertiary alicyclic amines) is 1. The summed E-state index contributed by atoms with van der Waals surface area (Å²) >= 11 is 0. The topological polar surface area (TPSA) is 54.7 Å². The first-order valence-electron chi connectivity index (χ1n) is 10.0. The Hall–Kier alpha value is -2.18. The van der Waals surface area contributed by atoms with Crippen LogP contribution in [0, 0.1) is 24.6 Å². The lowest BCUT2D eigenvalue weighted by atomic mass is 9.73. The molecule has 1 aromatic heterocycles. The molecular formula is C22H25FN2O3. The van der Waals surface area contributed by atoms with Crippen molar-refractivity contribution in [3.05, 3.63) is 59.3 Å². The molecule has 1 N–H and O–H groups in total. The van der Waals surface area contributed by atoms with Gasteiger partial charge in [-0.15, -0.1) is 0 Å². The van der Waals surface area contributed by atoms with Gasteiger partial charge in [-0.25, -0.2) is 4.39 Å². The average molecular weight is 384 g/mol. The van der Waals surface area contributed by atoms with E-state index >= 15 is 0 Å². The number of hydrogen-bond acceptors (Lipinski definition) is 4. The third-order valence-corrected chi connectivity index (χ3v) is 6.75. The molecule has 0 saturated carbocycles. The van der Waals surface area contributed by atoms with Crippen LogP contribution in [0.2, 0.25) is 0 Å². The number of benzene rings is 1. The molecule has 3 aliphatic heterocycles. The van der Waals surface area contributed by atoms with Gasteiger partial charge in [0, 0.05) is 37.0 Å². The molecule has 1 aromatic carbocycles. The number of hydrogen-bond donors (Lipinski definition) is 1. The Morgan fingerprint density at radius 3 is 3.07 bits per heavy atom. The molecule has 1 spiro atoms. The first kappa shape index (κ1) is 17.9. The number of carbonyl (C=O) groups excluding carboxylic acids is 1. The molecule has 4 heterocycles. The van der Waals surface area contributed by atoms with Crippen molar-refractivity contribution in [2.24, 2.45) is 11.8 Å². The minimum atomic E-state index is -0.319. The lowest BCUT2D eigenvalue weighted by Gasteiger charge is -2.29. The van der Waals surface area contributed by atoms with Gasteiger partial charge in [-0.3, -0.25) is 9.69 Å². The van der Waals surface area contributed by atoms with Gasteiger partial charge >= 0.3 is 0 Å². The van der Waals surface area contributed by atoms with Crippen molar-refractivity contribution >= 4 is 5.91 Å². The van der Waals surface area contributed by atoms with Crippen LogP contribution in [0.4, 0.5) is 4.39 Å². The zero-order chi connectivity index (χ0) is 19.3. The summed E-state index contributed by atoms with van der Waals surface area (Å²) in [6.45, 7) is 5.05. The second kappa shape index (κ2) is 6.71. The molecule has 2 aromatic rings. The summed E-state index contributed by atoms with van der Waals surface area (Å²) in [7, 11) is 0. The molecule has 0 radical (unpaired) electrons. The molecule has 6 heteroatoms. The molecular weight excluding hydrogens is 359 g/mol. The molecule has 3 aliphatic rings. The second-order valence-electron chi connectivity index (χ2n) is 8.45. The second-order valence-corrected chi connectivity index (χ2v) is 8.45.